The molecule has 0 saturated carbocycles. The molecule has 0 aliphatic rings. The van der Waals surface area contributed by atoms with Crippen LogP contribution in [-0.2, 0) is 10.0 Å². The number of nitrogens with one attached hydrogen (secondary N) is 1. The molecule has 112 valence electrons. The molecule has 0 aliphatic carbocycles. The number of carbonyl (C=O) groups is 1. The second-order valence-electron chi connectivity index (χ2n) is 4.12. The molecule has 0 amide bonds. The third kappa shape index (κ3) is 3.45. The number of sulfonamides is 1. The van der Waals surface area contributed by atoms with E-state index in [1.54, 1.807) is 0 Å². The van der Waals surface area contributed by atoms with Crippen molar-refractivity contribution in [1.29, 1.82) is 0 Å². The number of carboxylic acids is 1. The Bertz CT molecular complexity index is 607. The average molecular weight is 305 g/mol. The molecule has 5 N–H and O–H groups in total. The fraction of sp³-hybridized carbons (Fsp3) is 0.364. The van der Waals surface area contributed by atoms with E-state index in [2.05, 4.69) is 0 Å². The number of phenols is 1. The summed E-state index contributed by atoms with van der Waals surface area (Å²) in [6.07, 6.45) is 0. The summed E-state index contributed by atoms with van der Waals surface area (Å²) in [5.74, 6) is -2.02. The van der Waals surface area contributed by atoms with Gasteiger partial charge in [0.1, 0.15) is 11.3 Å². The highest BCUT2D eigenvalue weighted by molar-refractivity contribution is 7.89. The van der Waals surface area contributed by atoms with Gasteiger partial charge in [-0.2, -0.15) is 0 Å². The highest BCUT2D eigenvalue weighted by Gasteiger charge is 2.24. The number of aromatic hydroxyl groups is 1. The fourth-order valence-corrected chi connectivity index (χ4v) is 3.02. The van der Waals surface area contributed by atoms with E-state index in [9.17, 15) is 18.3 Å². The quantitative estimate of drug-likeness (QED) is 0.455. The van der Waals surface area contributed by atoms with Gasteiger partial charge in [0.05, 0.1) is 24.2 Å². The highest BCUT2D eigenvalue weighted by Crippen LogP contribution is 2.25. The molecule has 1 rings (SSSR count). The van der Waals surface area contributed by atoms with Crippen molar-refractivity contribution in [3.8, 4) is 5.75 Å². The average Bonchev–Trinajstić information content (AvgIpc) is 2.35. The number of aromatic carboxylic acids is 1. The van der Waals surface area contributed by atoms with Crippen molar-refractivity contribution < 1.29 is 33.6 Å². The third-order valence-electron chi connectivity index (χ3n) is 2.58. The molecule has 0 fully saturated rings. The first kappa shape index (κ1) is 16.4. The molecule has 8 nitrogen and oxygen atoms in total. The molecule has 9 heteroatoms. The van der Waals surface area contributed by atoms with Gasteiger partial charge in [-0.3, -0.25) is 0 Å². The van der Waals surface area contributed by atoms with E-state index in [-0.39, 0.29) is 10.5 Å². The number of aryl methyl sites for hydroxylation is 1. The molecular weight excluding hydrogens is 290 g/mol. The van der Waals surface area contributed by atoms with Crippen LogP contribution in [0, 0.1) is 6.92 Å². The van der Waals surface area contributed by atoms with Crippen molar-refractivity contribution in [2.75, 3.05) is 13.2 Å². The highest BCUT2D eigenvalue weighted by atomic mass is 32.2. The molecule has 0 aromatic heterocycles. The van der Waals surface area contributed by atoms with E-state index >= 15 is 0 Å². The van der Waals surface area contributed by atoms with Crippen LogP contribution in [0.2, 0.25) is 0 Å². The molecule has 0 heterocycles. The molecular formula is C11H15NO7S. The lowest BCUT2D eigenvalue weighted by Crippen LogP contribution is -2.40. The van der Waals surface area contributed by atoms with Crippen LogP contribution in [0.15, 0.2) is 17.0 Å². The zero-order chi connectivity index (χ0) is 15.5. The van der Waals surface area contributed by atoms with E-state index in [0.717, 1.165) is 12.1 Å². The summed E-state index contributed by atoms with van der Waals surface area (Å²) >= 11 is 0. The van der Waals surface area contributed by atoms with Crippen LogP contribution >= 0.6 is 0 Å². The van der Waals surface area contributed by atoms with Crippen molar-refractivity contribution in [1.82, 2.24) is 4.72 Å². The smallest absolute Gasteiger partial charge is 0.339 e. The minimum Gasteiger partial charge on any atom is -0.507 e. The number of hydrogen-bond donors (Lipinski definition) is 5. The Morgan fingerprint density at radius 1 is 1.30 bits per heavy atom. The summed E-state index contributed by atoms with van der Waals surface area (Å²) in [5, 5.41) is 36.1. The zero-order valence-electron chi connectivity index (χ0n) is 10.6. The van der Waals surface area contributed by atoms with Crippen molar-refractivity contribution in [2.45, 2.75) is 17.9 Å². The third-order valence-corrected chi connectivity index (χ3v) is 4.24. The van der Waals surface area contributed by atoms with E-state index in [4.69, 9.17) is 15.3 Å². The Morgan fingerprint density at radius 2 is 1.85 bits per heavy atom. The van der Waals surface area contributed by atoms with E-state index in [1.165, 1.54) is 6.92 Å². The lowest BCUT2D eigenvalue weighted by Gasteiger charge is -2.15. The minimum absolute atomic E-state index is 0.134. The predicted octanol–water partition coefficient (Wildman–Crippen LogP) is -0.970. The summed E-state index contributed by atoms with van der Waals surface area (Å²) in [5.41, 5.74) is -0.421. The Morgan fingerprint density at radius 3 is 2.30 bits per heavy atom. The van der Waals surface area contributed by atoms with Crippen LogP contribution in [0.4, 0.5) is 0 Å². The lowest BCUT2D eigenvalue weighted by atomic mass is 10.1. The molecule has 0 radical (unpaired) electrons. The standard InChI is InChI=1S/C11H15NO7S/c1-6-2-9(15)8(11(16)17)3-10(6)20(18,19)12-7(4-13)5-14/h2-3,7,12-15H,4-5H2,1H3,(H,16,17). The second-order valence-corrected chi connectivity index (χ2v) is 5.81. The van der Waals surface area contributed by atoms with Crippen molar-refractivity contribution in [3.05, 3.63) is 23.3 Å². The maximum Gasteiger partial charge on any atom is 0.339 e. The number of aliphatic hydroxyl groups is 2. The summed E-state index contributed by atoms with van der Waals surface area (Å²) in [4.78, 5) is 10.5. The lowest BCUT2D eigenvalue weighted by molar-refractivity contribution is 0.0693. The first-order valence-electron chi connectivity index (χ1n) is 5.54. The molecule has 1 aromatic rings. The summed E-state index contributed by atoms with van der Waals surface area (Å²) < 4.78 is 26.2. The number of hydrogen-bond acceptors (Lipinski definition) is 6. The number of aliphatic hydroxyl groups excluding tert-OH is 2. The number of carboxylic acid groups (broad SMARTS) is 1. The molecule has 0 atom stereocenters. The van der Waals surface area contributed by atoms with Crippen molar-refractivity contribution in [3.63, 3.8) is 0 Å². The van der Waals surface area contributed by atoms with Crippen LogP contribution in [0.5, 0.6) is 5.75 Å². The number of rotatable bonds is 6. The summed E-state index contributed by atoms with van der Waals surface area (Å²) in [6, 6.07) is 0.743. The van der Waals surface area contributed by atoms with Crippen molar-refractivity contribution >= 4 is 16.0 Å². The maximum absolute atomic E-state index is 12.1. The largest absolute Gasteiger partial charge is 0.507 e. The second kappa shape index (κ2) is 6.18. The minimum atomic E-state index is -4.13. The van der Waals surface area contributed by atoms with Crippen LogP contribution in [0.3, 0.4) is 0 Å². The van der Waals surface area contributed by atoms with Gasteiger partial charge < -0.3 is 20.4 Å². The van der Waals surface area contributed by atoms with E-state index in [0.29, 0.717) is 0 Å². The van der Waals surface area contributed by atoms with Crippen LogP contribution in [0.25, 0.3) is 0 Å². The van der Waals surface area contributed by atoms with Gasteiger partial charge in [0.25, 0.3) is 0 Å². The van der Waals surface area contributed by atoms with Gasteiger partial charge >= 0.3 is 5.97 Å². The van der Waals surface area contributed by atoms with Gasteiger partial charge in [0.2, 0.25) is 10.0 Å². The molecule has 20 heavy (non-hydrogen) atoms. The Hall–Kier alpha value is -1.68. The molecule has 0 saturated heterocycles. The normalized spacial score (nSPS) is 11.8. The summed E-state index contributed by atoms with van der Waals surface area (Å²) in [6.45, 7) is 0.157. The van der Waals surface area contributed by atoms with Crippen LogP contribution < -0.4 is 4.72 Å². The monoisotopic (exact) mass is 305 g/mol. The Balaban J connectivity index is 3.31. The topological polar surface area (TPSA) is 144 Å². The van der Waals surface area contributed by atoms with Gasteiger partial charge in [0.15, 0.2) is 0 Å². The SMILES string of the molecule is Cc1cc(O)c(C(=O)O)cc1S(=O)(=O)NC(CO)CO. The summed E-state index contributed by atoms with van der Waals surface area (Å²) in [7, 11) is -4.13. The predicted molar refractivity (Wildman–Crippen MR) is 68.1 cm³/mol. The zero-order valence-corrected chi connectivity index (χ0v) is 11.4. The maximum atomic E-state index is 12.1. The van der Waals surface area contributed by atoms with E-state index < -0.39 is 46.6 Å². The molecule has 0 unspecified atom stereocenters. The number of benzene rings is 1. The molecule has 1 aromatic carbocycles. The molecule has 0 bridgehead atoms. The van der Waals surface area contributed by atoms with Crippen LogP contribution in [-0.4, -0.2) is 54.1 Å². The molecule has 0 aliphatic heterocycles. The first-order chi connectivity index (χ1) is 9.22. The van der Waals surface area contributed by atoms with Gasteiger partial charge in [-0.05, 0) is 24.6 Å². The van der Waals surface area contributed by atoms with Gasteiger partial charge in [0, 0.05) is 0 Å². The first-order valence-corrected chi connectivity index (χ1v) is 7.02. The van der Waals surface area contributed by atoms with Gasteiger partial charge in [-0.15, -0.1) is 0 Å². The van der Waals surface area contributed by atoms with E-state index in [1.807, 2.05) is 4.72 Å². The molecule has 0 spiro atoms. The Labute approximate surface area is 115 Å². The Kier molecular flexibility index (Phi) is 5.06. The van der Waals surface area contributed by atoms with Gasteiger partial charge in [-0.1, -0.05) is 0 Å². The van der Waals surface area contributed by atoms with Crippen LogP contribution in [0.1, 0.15) is 15.9 Å². The van der Waals surface area contributed by atoms with Gasteiger partial charge in [-0.25, -0.2) is 17.9 Å². The van der Waals surface area contributed by atoms with Crippen molar-refractivity contribution in [2.24, 2.45) is 0 Å². The fourth-order valence-electron chi connectivity index (χ4n) is 1.55.